The van der Waals surface area contributed by atoms with Gasteiger partial charge in [0.1, 0.15) is 0 Å². The van der Waals surface area contributed by atoms with Crippen molar-refractivity contribution < 1.29 is 14.3 Å². The highest BCUT2D eigenvalue weighted by molar-refractivity contribution is 5.95. The van der Waals surface area contributed by atoms with E-state index in [1.54, 1.807) is 11.8 Å². The zero-order valence-electron chi connectivity index (χ0n) is 14.1. The van der Waals surface area contributed by atoms with Gasteiger partial charge in [-0.3, -0.25) is 9.59 Å². The Morgan fingerprint density at radius 1 is 1.18 bits per heavy atom. The number of amides is 1. The first kappa shape index (κ1) is 18.2. The molecular formula is C18H27NO3. The molecular weight excluding hydrogens is 278 g/mol. The van der Waals surface area contributed by atoms with Crippen molar-refractivity contribution in [2.75, 3.05) is 19.7 Å². The summed E-state index contributed by atoms with van der Waals surface area (Å²) in [6.45, 7) is 9.40. The van der Waals surface area contributed by atoms with Crippen molar-refractivity contribution in [2.45, 2.75) is 40.5 Å². The minimum atomic E-state index is -0.255. The molecule has 0 fully saturated rings. The Labute approximate surface area is 133 Å². The van der Waals surface area contributed by atoms with Gasteiger partial charge in [0.2, 0.25) is 0 Å². The van der Waals surface area contributed by atoms with Crippen LogP contribution in [0.4, 0.5) is 0 Å². The molecule has 122 valence electrons. The van der Waals surface area contributed by atoms with Crippen LogP contribution in [-0.4, -0.2) is 36.5 Å². The molecule has 1 aromatic rings. The van der Waals surface area contributed by atoms with Crippen molar-refractivity contribution >= 4 is 11.9 Å². The molecule has 0 aliphatic heterocycles. The fraction of sp³-hybridized carbons (Fsp3) is 0.556. The summed E-state index contributed by atoms with van der Waals surface area (Å²) in [5.41, 5.74) is 1.66. The van der Waals surface area contributed by atoms with Gasteiger partial charge in [-0.2, -0.15) is 0 Å². The highest BCUT2D eigenvalue weighted by atomic mass is 16.5. The number of hydrogen-bond donors (Lipinski definition) is 0. The monoisotopic (exact) mass is 305 g/mol. The van der Waals surface area contributed by atoms with Crippen LogP contribution in [0.25, 0.3) is 0 Å². The quantitative estimate of drug-likeness (QED) is 0.691. The molecule has 1 aromatic carbocycles. The van der Waals surface area contributed by atoms with Crippen molar-refractivity contribution in [1.29, 1.82) is 0 Å². The summed E-state index contributed by atoms with van der Waals surface area (Å²) in [6.07, 6.45) is 1.16. The molecule has 0 N–H and O–H groups in total. The van der Waals surface area contributed by atoms with Crippen LogP contribution in [0.3, 0.4) is 0 Å². The minimum Gasteiger partial charge on any atom is -0.466 e. The van der Waals surface area contributed by atoms with E-state index >= 15 is 0 Å². The third-order valence-electron chi connectivity index (χ3n) is 3.53. The molecule has 4 nitrogen and oxygen atoms in total. The average molecular weight is 305 g/mol. The number of carbonyl (C=O) groups is 2. The Morgan fingerprint density at radius 2 is 1.86 bits per heavy atom. The lowest BCUT2D eigenvalue weighted by Gasteiger charge is -2.24. The summed E-state index contributed by atoms with van der Waals surface area (Å²) in [7, 11) is 0. The van der Waals surface area contributed by atoms with E-state index in [9.17, 15) is 9.59 Å². The standard InChI is InChI=1S/C18H27NO3/c1-5-22-17(20)11-13-19(12-10-14(2)3)18(21)16-9-7-6-8-15(16)4/h6-9,14H,5,10-13H2,1-4H3. The summed E-state index contributed by atoms with van der Waals surface area (Å²) >= 11 is 0. The van der Waals surface area contributed by atoms with E-state index in [4.69, 9.17) is 4.74 Å². The molecule has 0 heterocycles. The second-order valence-electron chi connectivity index (χ2n) is 5.84. The fourth-order valence-electron chi connectivity index (χ4n) is 2.17. The van der Waals surface area contributed by atoms with Crippen LogP contribution >= 0.6 is 0 Å². The third kappa shape index (κ3) is 5.88. The van der Waals surface area contributed by atoms with E-state index in [0.717, 1.165) is 12.0 Å². The normalized spacial score (nSPS) is 10.6. The van der Waals surface area contributed by atoms with Gasteiger partial charge in [-0.25, -0.2) is 0 Å². The first-order valence-electron chi connectivity index (χ1n) is 7.96. The Balaban J connectivity index is 2.78. The summed E-state index contributed by atoms with van der Waals surface area (Å²) in [4.78, 5) is 26.0. The third-order valence-corrected chi connectivity index (χ3v) is 3.53. The second-order valence-corrected chi connectivity index (χ2v) is 5.84. The first-order valence-corrected chi connectivity index (χ1v) is 7.96. The number of hydrogen-bond acceptors (Lipinski definition) is 3. The molecule has 0 spiro atoms. The lowest BCUT2D eigenvalue weighted by Crippen LogP contribution is -2.35. The molecule has 0 saturated heterocycles. The van der Waals surface area contributed by atoms with Gasteiger partial charge in [-0.15, -0.1) is 0 Å². The van der Waals surface area contributed by atoms with Crippen LogP contribution in [0.1, 0.15) is 49.5 Å². The Kier molecular flexibility index (Phi) is 7.64. The SMILES string of the molecule is CCOC(=O)CCN(CCC(C)C)C(=O)c1ccccc1C. The number of esters is 1. The predicted molar refractivity (Wildman–Crippen MR) is 87.8 cm³/mol. The molecule has 0 aliphatic carbocycles. The topological polar surface area (TPSA) is 46.6 Å². The highest BCUT2D eigenvalue weighted by Gasteiger charge is 2.18. The van der Waals surface area contributed by atoms with Gasteiger partial charge < -0.3 is 9.64 Å². The van der Waals surface area contributed by atoms with Gasteiger partial charge in [0, 0.05) is 18.7 Å². The smallest absolute Gasteiger partial charge is 0.307 e. The van der Waals surface area contributed by atoms with E-state index in [-0.39, 0.29) is 18.3 Å². The lowest BCUT2D eigenvalue weighted by atomic mass is 10.1. The maximum atomic E-state index is 12.7. The molecule has 0 unspecified atom stereocenters. The van der Waals surface area contributed by atoms with E-state index < -0.39 is 0 Å². The fourth-order valence-corrected chi connectivity index (χ4v) is 2.17. The lowest BCUT2D eigenvalue weighted by molar-refractivity contribution is -0.143. The molecule has 4 heteroatoms. The Morgan fingerprint density at radius 3 is 2.45 bits per heavy atom. The number of carbonyl (C=O) groups excluding carboxylic acids is 2. The number of benzene rings is 1. The van der Waals surface area contributed by atoms with Gasteiger partial charge in [0.15, 0.2) is 0 Å². The molecule has 0 bridgehead atoms. The van der Waals surface area contributed by atoms with E-state index in [2.05, 4.69) is 13.8 Å². The Bertz CT molecular complexity index is 497. The van der Waals surface area contributed by atoms with E-state index in [1.165, 1.54) is 0 Å². The minimum absolute atomic E-state index is 0.0111. The van der Waals surface area contributed by atoms with Crippen molar-refractivity contribution in [1.82, 2.24) is 4.90 Å². The number of aryl methyl sites for hydroxylation is 1. The zero-order valence-corrected chi connectivity index (χ0v) is 14.1. The van der Waals surface area contributed by atoms with Crippen molar-refractivity contribution in [3.8, 4) is 0 Å². The van der Waals surface area contributed by atoms with Crippen LogP contribution in [-0.2, 0) is 9.53 Å². The maximum absolute atomic E-state index is 12.7. The van der Waals surface area contributed by atoms with Crippen molar-refractivity contribution in [3.63, 3.8) is 0 Å². The van der Waals surface area contributed by atoms with Crippen LogP contribution in [0, 0.1) is 12.8 Å². The zero-order chi connectivity index (χ0) is 16.5. The molecule has 22 heavy (non-hydrogen) atoms. The number of ether oxygens (including phenoxy) is 1. The van der Waals surface area contributed by atoms with Crippen LogP contribution in [0.2, 0.25) is 0 Å². The second kappa shape index (κ2) is 9.23. The highest BCUT2D eigenvalue weighted by Crippen LogP contribution is 2.13. The molecule has 0 saturated carbocycles. The van der Waals surface area contributed by atoms with Gasteiger partial charge in [0.05, 0.1) is 13.0 Å². The average Bonchev–Trinajstić information content (AvgIpc) is 2.47. The van der Waals surface area contributed by atoms with Crippen LogP contribution in [0.15, 0.2) is 24.3 Å². The van der Waals surface area contributed by atoms with Crippen LogP contribution < -0.4 is 0 Å². The van der Waals surface area contributed by atoms with E-state index in [0.29, 0.717) is 31.2 Å². The maximum Gasteiger partial charge on any atom is 0.307 e. The van der Waals surface area contributed by atoms with Gasteiger partial charge in [-0.05, 0) is 37.8 Å². The molecule has 0 aliphatic rings. The van der Waals surface area contributed by atoms with E-state index in [1.807, 2.05) is 31.2 Å². The van der Waals surface area contributed by atoms with Gasteiger partial charge in [0.25, 0.3) is 5.91 Å². The Hall–Kier alpha value is -1.84. The summed E-state index contributed by atoms with van der Waals surface area (Å²) in [5.74, 6) is 0.243. The van der Waals surface area contributed by atoms with Gasteiger partial charge in [-0.1, -0.05) is 32.0 Å². The number of rotatable bonds is 8. The molecule has 0 atom stereocenters. The van der Waals surface area contributed by atoms with Crippen molar-refractivity contribution in [2.24, 2.45) is 5.92 Å². The summed E-state index contributed by atoms with van der Waals surface area (Å²) in [6, 6.07) is 7.55. The predicted octanol–water partition coefficient (Wildman–Crippen LogP) is 3.44. The molecule has 0 aromatic heterocycles. The summed E-state index contributed by atoms with van der Waals surface area (Å²) < 4.78 is 4.95. The summed E-state index contributed by atoms with van der Waals surface area (Å²) in [5, 5.41) is 0. The molecule has 1 amide bonds. The van der Waals surface area contributed by atoms with Gasteiger partial charge >= 0.3 is 5.97 Å². The largest absolute Gasteiger partial charge is 0.466 e. The first-order chi connectivity index (χ1) is 10.5. The molecule has 0 radical (unpaired) electrons. The van der Waals surface area contributed by atoms with Crippen LogP contribution in [0.5, 0.6) is 0 Å². The molecule has 1 rings (SSSR count). The van der Waals surface area contributed by atoms with Crippen molar-refractivity contribution in [3.05, 3.63) is 35.4 Å². The number of nitrogens with zero attached hydrogens (tertiary/aromatic N) is 1.